The molecule has 0 aliphatic rings. The molecular weight excluding hydrogens is 418 g/mol. The van der Waals surface area contributed by atoms with Crippen molar-refractivity contribution in [2.24, 2.45) is 0 Å². The van der Waals surface area contributed by atoms with Crippen molar-refractivity contribution in [1.82, 2.24) is 24.9 Å². The molecule has 1 amide bonds. The van der Waals surface area contributed by atoms with E-state index in [0.717, 1.165) is 16.9 Å². The van der Waals surface area contributed by atoms with E-state index in [0.29, 0.717) is 6.20 Å². The largest absolute Gasteiger partial charge is 0.475 e. The fourth-order valence-corrected chi connectivity index (χ4v) is 2.96. The molecule has 0 bridgehead atoms. The fraction of sp³-hybridized carbons (Fsp3) is 0.300. The van der Waals surface area contributed by atoms with Crippen LogP contribution in [0.15, 0.2) is 48.9 Å². The Kier molecular flexibility index (Phi) is 6.52. The van der Waals surface area contributed by atoms with E-state index in [1.165, 1.54) is 35.5 Å². The van der Waals surface area contributed by atoms with E-state index < -0.39 is 29.5 Å². The van der Waals surface area contributed by atoms with Gasteiger partial charge in [-0.2, -0.15) is 28.2 Å². The molecule has 0 radical (unpaired) electrons. The van der Waals surface area contributed by atoms with E-state index >= 15 is 0 Å². The van der Waals surface area contributed by atoms with Crippen LogP contribution in [0.3, 0.4) is 0 Å². The standard InChI is InChI=1S/C20H19F4N5O2/c1-3-28(13(2)12-31-17-8-7-14(11-25-17)20(22,23)24)19(30)18-15(21)5-4-6-16(18)29-26-9-10-27-29/h4-11,13H,3,12H2,1-2H3. The van der Waals surface area contributed by atoms with Gasteiger partial charge in [-0.05, 0) is 32.0 Å². The predicted octanol–water partition coefficient (Wildman–Crippen LogP) is 3.75. The predicted molar refractivity (Wildman–Crippen MR) is 102 cm³/mol. The van der Waals surface area contributed by atoms with Crippen molar-refractivity contribution in [3.8, 4) is 11.6 Å². The second-order valence-electron chi connectivity index (χ2n) is 6.59. The first-order valence-corrected chi connectivity index (χ1v) is 9.34. The molecule has 3 rings (SSSR count). The number of carbonyl (C=O) groups excluding carboxylic acids is 1. The molecule has 1 unspecified atom stereocenters. The number of hydrogen-bond donors (Lipinski definition) is 0. The summed E-state index contributed by atoms with van der Waals surface area (Å²) in [5, 5.41) is 7.91. The van der Waals surface area contributed by atoms with Crippen LogP contribution < -0.4 is 4.74 Å². The lowest BCUT2D eigenvalue weighted by atomic mass is 10.1. The summed E-state index contributed by atoms with van der Waals surface area (Å²) in [6.45, 7) is 3.58. The van der Waals surface area contributed by atoms with Crippen LogP contribution in [-0.4, -0.2) is 50.0 Å². The highest BCUT2D eigenvalue weighted by Crippen LogP contribution is 2.29. The van der Waals surface area contributed by atoms with Crippen LogP contribution in [0.25, 0.3) is 5.69 Å². The number of likely N-dealkylation sites (N-methyl/N-ethyl adjacent to an activating group) is 1. The number of rotatable bonds is 7. The van der Waals surface area contributed by atoms with Crippen molar-refractivity contribution in [2.45, 2.75) is 26.1 Å². The van der Waals surface area contributed by atoms with Crippen molar-refractivity contribution >= 4 is 5.91 Å². The number of nitrogens with zero attached hydrogens (tertiary/aromatic N) is 5. The van der Waals surface area contributed by atoms with Crippen LogP contribution in [-0.2, 0) is 6.18 Å². The van der Waals surface area contributed by atoms with Gasteiger partial charge >= 0.3 is 6.18 Å². The van der Waals surface area contributed by atoms with Gasteiger partial charge in [-0.3, -0.25) is 4.79 Å². The Morgan fingerprint density at radius 2 is 1.90 bits per heavy atom. The second-order valence-corrected chi connectivity index (χ2v) is 6.59. The monoisotopic (exact) mass is 437 g/mol. The third-order valence-electron chi connectivity index (χ3n) is 4.51. The molecule has 0 spiro atoms. The number of hydrogen-bond acceptors (Lipinski definition) is 5. The molecule has 0 N–H and O–H groups in total. The lowest BCUT2D eigenvalue weighted by Crippen LogP contribution is -2.42. The van der Waals surface area contributed by atoms with Gasteiger partial charge in [-0.15, -0.1) is 0 Å². The Bertz CT molecular complexity index is 1020. The van der Waals surface area contributed by atoms with E-state index in [2.05, 4.69) is 15.2 Å². The van der Waals surface area contributed by atoms with Gasteiger partial charge in [0.1, 0.15) is 23.7 Å². The van der Waals surface area contributed by atoms with Crippen LogP contribution in [0.1, 0.15) is 29.8 Å². The molecule has 11 heteroatoms. The normalized spacial score (nSPS) is 12.5. The summed E-state index contributed by atoms with van der Waals surface area (Å²) in [5.41, 5.74) is -0.899. The zero-order chi connectivity index (χ0) is 22.6. The highest BCUT2D eigenvalue weighted by molar-refractivity contribution is 5.98. The van der Waals surface area contributed by atoms with E-state index in [-0.39, 0.29) is 30.3 Å². The molecule has 2 heterocycles. The zero-order valence-corrected chi connectivity index (χ0v) is 16.7. The number of carbonyl (C=O) groups is 1. The van der Waals surface area contributed by atoms with Crippen LogP contribution in [0.4, 0.5) is 17.6 Å². The first kappa shape index (κ1) is 22.2. The molecule has 31 heavy (non-hydrogen) atoms. The Morgan fingerprint density at radius 3 is 2.48 bits per heavy atom. The highest BCUT2D eigenvalue weighted by atomic mass is 19.4. The van der Waals surface area contributed by atoms with Crippen LogP contribution in [0.5, 0.6) is 5.88 Å². The van der Waals surface area contributed by atoms with Crippen molar-refractivity contribution in [2.75, 3.05) is 13.2 Å². The van der Waals surface area contributed by atoms with Crippen molar-refractivity contribution in [3.05, 3.63) is 65.9 Å². The first-order valence-electron chi connectivity index (χ1n) is 9.34. The Morgan fingerprint density at radius 1 is 1.19 bits per heavy atom. The number of alkyl halides is 3. The Labute approximate surface area is 175 Å². The molecule has 1 atom stereocenters. The number of ether oxygens (including phenoxy) is 1. The maximum absolute atomic E-state index is 14.6. The van der Waals surface area contributed by atoms with Gasteiger partial charge in [0.15, 0.2) is 0 Å². The minimum absolute atomic E-state index is 0.0179. The van der Waals surface area contributed by atoms with E-state index in [9.17, 15) is 22.4 Å². The molecule has 2 aromatic heterocycles. The SMILES string of the molecule is CCN(C(=O)c1c(F)cccc1-n1nccn1)C(C)COc1ccc(C(F)(F)F)cn1. The van der Waals surface area contributed by atoms with E-state index in [1.54, 1.807) is 13.8 Å². The van der Waals surface area contributed by atoms with Gasteiger partial charge in [0.25, 0.3) is 5.91 Å². The molecule has 164 valence electrons. The average molecular weight is 437 g/mol. The zero-order valence-electron chi connectivity index (χ0n) is 16.7. The Hall–Kier alpha value is -3.50. The minimum Gasteiger partial charge on any atom is -0.475 e. The molecular formula is C20H19F4N5O2. The summed E-state index contributed by atoms with van der Waals surface area (Å²) in [6, 6.07) is 5.58. The number of amides is 1. The first-order chi connectivity index (χ1) is 14.7. The van der Waals surface area contributed by atoms with Crippen LogP contribution in [0, 0.1) is 5.82 Å². The van der Waals surface area contributed by atoms with Gasteiger partial charge < -0.3 is 9.64 Å². The molecule has 0 aliphatic carbocycles. The van der Waals surface area contributed by atoms with Crippen molar-refractivity contribution in [3.63, 3.8) is 0 Å². The number of benzene rings is 1. The van der Waals surface area contributed by atoms with Gasteiger partial charge in [-0.25, -0.2) is 9.37 Å². The third kappa shape index (κ3) is 4.98. The van der Waals surface area contributed by atoms with Gasteiger partial charge in [0.2, 0.25) is 5.88 Å². The summed E-state index contributed by atoms with van der Waals surface area (Å²) in [6.07, 6.45) is -1.01. The van der Waals surface area contributed by atoms with Crippen LogP contribution >= 0.6 is 0 Å². The number of halogens is 4. The summed E-state index contributed by atoms with van der Waals surface area (Å²) < 4.78 is 57.9. The lowest BCUT2D eigenvalue weighted by molar-refractivity contribution is -0.137. The summed E-state index contributed by atoms with van der Waals surface area (Å²) in [4.78, 5) is 19.3. The van der Waals surface area contributed by atoms with Gasteiger partial charge in [0, 0.05) is 18.8 Å². The van der Waals surface area contributed by atoms with E-state index in [4.69, 9.17) is 4.74 Å². The Balaban J connectivity index is 1.76. The second kappa shape index (κ2) is 9.11. The molecule has 0 saturated carbocycles. The molecule has 1 aromatic carbocycles. The molecule has 7 nitrogen and oxygen atoms in total. The maximum Gasteiger partial charge on any atom is 0.417 e. The van der Waals surface area contributed by atoms with Crippen molar-refractivity contribution in [1.29, 1.82) is 0 Å². The number of aromatic nitrogens is 4. The maximum atomic E-state index is 14.6. The van der Waals surface area contributed by atoms with Crippen LogP contribution in [0.2, 0.25) is 0 Å². The summed E-state index contributed by atoms with van der Waals surface area (Å²) in [5.74, 6) is -1.34. The van der Waals surface area contributed by atoms with Gasteiger partial charge in [0.05, 0.1) is 24.0 Å². The number of pyridine rings is 1. The highest BCUT2D eigenvalue weighted by Gasteiger charge is 2.31. The molecule has 3 aromatic rings. The lowest BCUT2D eigenvalue weighted by Gasteiger charge is -2.28. The quantitative estimate of drug-likeness (QED) is 0.527. The summed E-state index contributed by atoms with van der Waals surface area (Å²) >= 11 is 0. The average Bonchev–Trinajstić information content (AvgIpc) is 3.27. The fourth-order valence-electron chi connectivity index (χ4n) is 2.96. The van der Waals surface area contributed by atoms with Gasteiger partial charge in [-0.1, -0.05) is 6.07 Å². The minimum atomic E-state index is -4.49. The molecule has 0 aliphatic heterocycles. The smallest absolute Gasteiger partial charge is 0.417 e. The van der Waals surface area contributed by atoms with E-state index in [1.807, 2.05) is 0 Å². The summed E-state index contributed by atoms with van der Waals surface area (Å²) in [7, 11) is 0. The topological polar surface area (TPSA) is 73.1 Å². The third-order valence-corrected chi connectivity index (χ3v) is 4.51. The molecule has 0 saturated heterocycles. The van der Waals surface area contributed by atoms with Crippen molar-refractivity contribution < 1.29 is 27.1 Å². The molecule has 0 fully saturated rings.